The molecule has 1 aromatic rings. The molecule has 3 rings (SSSR count). The molecule has 2 heterocycles. The number of amides is 1. The third-order valence-electron chi connectivity index (χ3n) is 4.57. The fraction of sp³-hybridized carbons (Fsp3) is 0.562. The molecule has 0 radical (unpaired) electrons. The molecule has 0 aromatic heterocycles. The van der Waals surface area contributed by atoms with Crippen LogP contribution in [0.25, 0.3) is 0 Å². The van der Waals surface area contributed by atoms with Crippen molar-refractivity contribution in [2.24, 2.45) is 5.92 Å². The normalized spacial score (nSPS) is 29.3. The van der Waals surface area contributed by atoms with Crippen LogP contribution in [0.5, 0.6) is 0 Å². The number of benzene rings is 1. The average molecular weight is 259 g/mol. The molecule has 3 nitrogen and oxygen atoms in total. The van der Waals surface area contributed by atoms with Crippen LogP contribution < -0.4 is 0 Å². The summed E-state index contributed by atoms with van der Waals surface area (Å²) in [6.07, 6.45) is 4.56. The first-order chi connectivity index (χ1) is 9.25. The lowest BCUT2D eigenvalue weighted by molar-refractivity contribution is 0.0503. The monoisotopic (exact) mass is 259 g/mol. The Balaban J connectivity index is 1.62. The number of piperidine rings is 1. The highest BCUT2D eigenvalue weighted by Crippen LogP contribution is 2.39. The standard InChI is InChI=1S/C16H21NO2/c1-12-7-8-14-9-10-15(12)17(14)16(18)19-11-13-5-3-2-4-6-13/h2-6,12,14-15H,7-11H2,1H3. The van der Waals surface area contributed by atoms with Gasteiger partial charge in [0.15, 0.2) is 0 Å². The summed E-state index contributed by atoms with van der Waals surface area (Å²) in [7, 11) is 0. The Morgan fingerprint density at radius 1 is 1.21 bits per heavy atom. The molecule has 3 unspecified atom stereocenters. The van der Waals surface area contributed by atoms with Gasteiger partial charge in [-0.1, -0.05) is 37.3 Å². The van der Waals surface area contributed by atoms with Crippen LogP contribution in [0.3, 0.4) is 0 Å². The predicted octanol–water partition coefficient (Wildman–Crippen LogP) is 3.59. The topological polar surface area (TPSA) is 29.5 Å². The van der Waals surface area contributed by atoms with Gasteiger partial charge in [-0.05, 0) is 37.2 Å². The third-order valence-corrected chi connectivity index (χ3v) is 4.57. The van der Waals surface area contributed by atoms with E-state index >= 15 is 0 Å². The second kappa shape index (κ2) is 5.24. The summed E-state index contributed by atoms with van der Waals surface area (Å²) in [4.78, 5) is 14.3. The van der Waals surface area contributed by atoms with Crippen LogP contribution in [-0.2, 0) is 11.3 Å². The lowest BCUT2D eigenvalue weighted by atomic mass is 9.92. The SMILES string of the molecule is CC1CCC2CCC1N2C(=O)OCc1ccccc1. The van der Waals surface area contributed by atoms with Crippen LogP contribution in [-0.4, -0.2) is 23.1 Å². The van der Waals surface area contributed by atoms with Crippen molar-refractivity contribution in [3.8, 4) is 0 Å². The van der Waals surface area contributed by atoms with Gasteiger partial charge >= 0.3 is 6.09 Å². The molecule has 2 bridgehead atoms. The first-order valence-electron chi connectivity index (χ1n) is 7.24. The van der Waals surface area contributed by atoms with Gasteiger partial charge in [-0.25, -0.2) is 4.79 Å². The van der Waals surface area contributed by atoms with Crippen LogP contribution in [0.1, 0.15) is 38.2 Å². The minimum Gasteiger partial charge on any atom is -0.445 e. The predicted molar refractivity (Wildman–Crippen MR) is 73.7 cm³/mol. The molecular weight excluding hydrogens is 238 g/mol. The quantitative estimate of drug-likeness (QED) is 0.812. The van der Waals surface area contributed by atoms with Gasteiger partial charge in [-0.15, -0.1) is 0 Å². The van der Waals surface area contributed by atoms with Crippen LogP contribution >= 0.6 is 0 Å². The second-order valence-corrected chi connectivity index (χ2v) is 5.80. The molecule has 3 heteroatoms. The van der Waals surface area contributed by atoms with Gasteiger partial charge in [0.05, 0.1) is 0 Å². The van der Waals surface area contributed by atoms with Gasteiger partial charge in [-0.2, -0.15) is 0 Å². The molecule has 19 heavy (non-hydrogen) atoms. The zero-order valence-corrected chi connectivity index (χ0v) is 11.4. The Hall–Kier alpha value is -1.51. The Morgan fingerprint density at radius 2 is 1.95 bits per heavy atom. The maximum Gasteiger partial charge on any atom is 0.410 e. The Labute approximate surface area is 114 Å². The molecule has 2 saturated heterocycles. The van der Waals surface area contributed by atoms with Crippen molar-refractivity contribution in [2.45, 2.75) is 51.3 Å². The number of carbonyl (C=O) groups is 1. The van der Waals surface area contributed by atoms with Crippen molar-refractivity contribution in [1.82, 2.24) is 4.90 Å². The summed E-state index contributed by atoms with van der Waals surface area (Å²) in [5.74, 6) is 0.614. The first-order valence-corrected chi connectivity index (χ1v) is 7.24. The zero-order valence-electron chi connectivity index (χ0n) is 11.4. The summed E-state index contributed by atoms with van der Waals surface area (Å²) in [5, 5.41) is 0. The maximum atomic E-state index is 12.3. The van der Waals surface area contributed by atoms with Gasteiger partial charge in [0.25, 0.3) is 0 Å². The van der Waals surface area contributed by atoms with E-state index in [-0.39, 0.29) is 6.09 Å². The van der Waals surface area contributed by atoms with E-state index in [1.807, 2.05) is 35.2 Å². The molecule has 0 N–H and O–H groups in total. The molecule has 1 amide bonds. The molecule has 1 aromatic carbocycles. The van der Waals surface area contributed by atoms with Gasteiger partial charge in [0, 0.05) is 12.1 Å². The van der Waals surface area contributed by atoms with Gasteiger partial charge in [-0.3, -0.25) is 0 Å². The zero-order chi connectivity index (χ0) is 13.2. The smallest absolute Gasteiger partial charge is 0.410 e. The Kier molecular flexibility index (Phi) is 3.45. The van der Waals surface area contributed by atoms with E-state index in [1.54, 1.807) is 0 Å². The van der Waals surface area contributed by atoms with Crippen molar-refractivity contribution < 1.29 is 9.53 Å². The molecule has 2 aliphatic heterocycles. The van der Waals surface area contributed by atoms with E-state index in [4.69, 9.17) is 4.74 Å². The molecule has 2 fully saturated rings. The lowest BCUT2D eigenvalue weighted by Crippen LogP contribution is -2.47. The summed E-state index contributed by atoms with van der Waals surface area (Å²) in [5.41, 5.74) is 1.05. The largest absolute Gasteiger partial charge is 0.445 e. The van der Waals surface area contributed by atoms with Crippen LogP contribution in [0.4, 0.5) is 4.79 Å². The van der Waals surface area contributed by atoms with E-state index in [0.717, 1.165) is 24.8 Å². The van der Waals surface area contributed by atoms with E-state index in [9.17, 15) is 4.79 Å². The molecule has 102 valence electrons. The molecule has 0 spiro atoms. The summed E-state index contributed by atoms with van der Waals surface area (Å²) in [6.45, 7) is 2.63. The molecular formula is C16H21NO2. The number of hydrogen-bond donors (Lipinski definition) is 0. The summed E-state index contributed by atoms with van der Waals surface area (Å²) < 4.78 is 5.48. The van der Waals surface area contributed by atoms with Crippen LogP contribution in [0, 0.1) is 5.92 Å². The van der Waals surface area contributed by atoms with E-state index in [0.29, 0.717) is 24.6 Å². The third kappa shape index (κ3) is 2.46. The van der Waals surface area contributed by atoms with Crippen molar-refractivity contribution >= 4 is 6.09 Å². The van der Waals surface area contributed by atoms with Crippen molar-refractivity contribution in [1.29, 1.82) is 0 Å². The number of ether oxygens (including phenoxy) is 1. The van der Waals surface area contributed by atoms with E-state index in [2.05, 4.69) is 6.92 Å². The van der Waals surface area contributed by atoms with Gasteiger partial charge in [0.1, 0.15) is 6.61 Å². The number of carbonyl (C=O) groups excluding carboxylic acids is 1. The highest BCUT2D eigenvalue weighted by Gasteiger charge is 2.43. The molecule has 2 aliphatic rings. The van der Waals surface area contributed by atoms with Gasteiger partial charge in [0.2, 0.25) is 0 Å². The fourth-order valence-electron chi connectivity index (χ4n) is 3.48. The Bertz CT molecular complexity index is 445. The van der Waals surface area contributed by atoms with E-state index < -0.39 is 0 Å². The highest BCUT2D eigenvalue weighted by atomic mass is 16.6. The maximum absolute atomic E-state index is 12.3. The number of fused-ring (bicyclic) bond motifs is 2. The minimum atomic E-state index is -0.122. The van der Waals surface area contributed by atoms with Crippen molar-refractivity contribution in [3.05, 3.63) is 35.9 Å². The van der Waals surface area contributed by atoms with Crippen molar-refractivity contribution in [2.75, 3.05) is 0 Å². The van der Waals surface area contributed by atoms with Gasteiger partial charge < -0.3 is 9.64 Å². The number of hydrogen-bond acceptors (Lipinski definition) is 2. The van der Waals surface area contributed by atoms with Crippen LogP contribution in [0.15, 0.2) is 30.3 Å². The fourth-order valence-corrected chi connectivity index (χ4v) is 3.48. The molecule has 3 atom stereocenters. The van der Waals surface area contributed by atoms with E-state index in [1.165, 1.54) is 6.42 Å². The van der Waals surface area contributed by atoms with Crippen LogP contribution in [0.2, 0.25) is 0 Å². The summed E-state index contributed by atoms with van der Waals surface area (Å²) in [6, 6.07) is 10.7. The minimum absolute atomic E-state index is 0.122. The Morgan fingerprint density at radius 3 is 2.74 bits per heavy atom. The summed E-state index contributed by atoms with van der Waals surface area (Å²) >= 11 is 0. The first kappa shape index (κ1) is 12.5. The number of nitrogens with zero attached hydrogens (tertiary/aromatic N) is 1. The average Bonchev–Trinajstić information content (AvgIpc) is 2.78. The molecule has 0 saturated carbocycles. The highest BCUT2D eigenvalue weighted by molar-refractivity contribution is 5.69. The number of rotatable bonds is 2. The molecule has 0 aliphatic carbocycles. The lowest BCUT2D eigenvalue weighted by Gasteiger charge is -2.37. The van der Waals surface area contributed by atoms with Crippen molar-refractivity contribution in [3.63, 3.8) is 0 Å². The second-order valence-electron chi connectivity index (χ2n) is 5.80.